The first-order valence-electron chi connectivity index (χ1n) is 7.98. The first kappa shape index (κ1) is 15.3. The summed E-state index contributed by atoms with van der Waals surface area (Å²) in [6.45, 7) is 5.34. The highest BCUT2D eigenvalue weighted by molar-refractivity contribution is 6.31. The predicted octanol–water partition coefficient (Wildman–Crippen LogP) is 2.64. The van der Waals surface area contributed by atoms with Crippen molar-refractivity contribution in [3.63, 3.8) is 0 Å². The van der Waals surface area contributed by atoms with Gasteiger partial charge in [0, 0.05) is 46.3 Å². The van der Waals surface area contributed by atoms with Crippen molar-refractivity contribution in [2.45, 2.75) is 25.8 Å². The number of piperidine rings is 1. The summed E-state index contributed by atoms with van der Waals surface area (Å²) in [7, 11) is 0. The number of rotatable bonds is 1. The SMILES string of the molecule is CC1(C)CN(c2cc(Cl)cc3[nH]ccc23)CCC12NC(=O)NC2=O. The van der Waals surface area contributed by atoms with E-state index < -0.39 is 17.0 Å². The lowest BCUT2D eigenvalue weighted by atomic mass is 9.67. The maximum absolute atomic E-state index is 12.4. The second kappa shape index (κ2) is 4.89. The van der Waals surface area contributed by atoms with Crippen LogP contribution in [-0.4, -0.2) is 35.6 Å². The smallest absolute Gasteiger partial charge is 0.322 e. The van der Waals surface area contributed by atoms with Gasteiger partial charge in [0.15, 0.2) is 0 Å². The van der Waals surface area contributed by atoms with Crippen molar-refractivity contribution in [1.29, 1.82) is 0 Å². The number of aromatic amines is 1. The zero-order valence-electron chi connectivity index (χ0n) is 13.6. The van der Waals surface area contributed by atoms with Gasteiger partial charge in [-0.25, -0.2) is 4.79 Å². The topological polar surface area (TPSA) is 77.2 Å². The number of fused-ring (bicyclic) bond motifs is 1. The Hall–Kier alpha value is -2.21. The van der Waals surface area contributed by atoms with E-state index in [1.165, 1.54) is 0 Å². The molecule has 6 nitrogen and oxygen atoms in total. The van der Waals surface area contributed by atoms with E-state index in [1.807, 2.05) is 38.2 Å². The minimum atomic E-state index is -0.851. The number of nitrogens with one attached hydrogen (secondary N) is 3. The molecule has 2 saturated heterocycles. The van der Waals surface area contributed by atoms with Crippen LogP contribution in [-0.2, 0) is 4.79 Å². The summed E-state index contributed by atoms with van der Waals surface area (Å²) in [5.41, 5.74) is 0.761. The monoisotopic (exact) mass is 346 g/mol. The quantitative estimate of drug-likeness (QED) is 0.695. The molecule has 2 aromatic rings. The minimum Gasteiger partial charge on any atom is -0.370 e. The summed E-state index contributed by atoms with van der Waals surface area (Å²) in [4.78, 5) is 29.5. The van der Waals surface area contributed by atoms with E-state index in [4.69, 9.17) is 11.6 Å². The number of anilines is 1. The van der Waals surface area contributed by atoms with Crippen LogP contribution in [0.1, 0.15) is 20.3 Å². The number of imide groups is 1. The molecule has 126 valence electrons. The molecule has 3 amide bonds. The van der Waals surface area contributed by atoms with E-state index in [0.29, 0.717) is 24.5 Å². The number of carbonyl (C=O) groups is 2. The third-order valence-electron chi connectivity index (χ3n) is 5.39. The van der Waals surface area contributed by atoms with Crippen molar-refractivity contribution < 1.29 is 9.59 Å². The Kier molecular flexibility index (Phi) is 3.12. The molecule has 1 aromatic heterocycles. The number of aromatic nitrogens is 1. The third-order valence-corrected chi connectivity index (χ3v) is 5.61. The minimum absolute atomic E-state index is 0.227. The summed E-state index contributed by atoms with van der Waals surface area (Å²) >= 11 is 6.27. The molecule has 2 aliphatic rings. The Balaban J connectivity index is 1.72. The lowest BCUT2D eigenvalue weighted by Gasteiger charge is -2.50. The number of hydrogen-bond acceptors (Lipinski definition) is 3. The number of nitrogens with zero attached hydrogens (tertiary/aromatic N) is 1. The van der Waals surface area contributed by atoms with E-state index in [-0.39, 0.29) is 5.91 Å². The van der Waals surface area contributed by atoms with Crippen LogP contribution in [0.25, 0.3) is 10.9 Å². The molecule has 3 N–H and O–H groups in total. The summed E-state index contributed by atoms with van der Waals surface area (Å²) < 4.78 is 0. The Morgan fingerprint density at radius 1 is 1.25 bits per heavy atom. The molecule has 2 aliphatic heterocycles. The zero-order valence-corrected chi connectivity index (χ0v) is 14.3. The average Bonchev–Trinajstić information content (AvgIpc) is 3.06. The van der Waals surface area contributed by atoms with Crippen molar-refractivity contribution in [2.24, 2.45) is 5.41 Å². The fourth-order valence-corrected chi connectivity index (χ4v) is 4.27. The Morgan fingerprint density at radius 2 is 2.04 bits per heavy atom. The molecule has 1 spiro atoms. The zero-order chi connectivity index (χ0) is 17.1. The normalized spacial score (nSPS) is 26.0. The van der Waals surface area contributed by atoms with Crippen molar-refractivity contribution in [2.75, 3.05) is 18.0 Å². The van der Waals surface area contributed by atoms with Gasteiger partial charge in [-0.3, -0.25) is 10.1 Å². The highest BCUT2D eigenvalue weighted by Crippen LogP contribution is 2.43. The van der Waals surface area contributed by atoms with Crippen molar-refractivity contribution in [3.05, 3.63) is 29.4 Å². The van der Waals surface area contributed by atoms with Crippen LogP contribution < -0.4 is 15.5 Å². The number of H-pyrrole nitrogens is 1. The van der Waals surface area contributed by atoms with Gasteiger partial charge in [0.1, 0.15) is 5.54 Å². The molecular weight excluding hydrogens is 328 g/mol. The molecule has 1 aromatic carbocycles. The Labute approximate surface area is 144 Å². The van der Waals surface area contributed by atoms with E-state index >= 15 is 0 Å². The molecule has 0 saturated carbocycles. The fraction of sp³-hybridized carbons (Fsp3) is 0.412. The van der Waals surface area contributed by atoms with Gasteiger partial charge in [-0.2, -0.15) is 0 Å². The highest BCUT2D eigenvalue weighted by atomic mass is 35.5. The molecule has 0 bridgehead atoms. The molecule has 7 heteroatoms. The van der Waals surface area contributed by atoms with Crippen LogP contribution in [0.4, 0.5) is 10.5 Å². The Bertz CT molecular complexity index is 859. The number of amides is 3. The molecule has 2 fully saturated rings. The van der Waals surface area contributed by atoms with E-state index in [9.17, 15) is 9.59 Å². The molecule has 0 aliphatic carbocycles. The Morgan fingerprint density at radius 3 is 2.71 bits per heavy atom. The van der Waals surface area contributed by atoms with Crippen LogP contribution in [0.3, 0.4) is 0 Å². The molecule has 4 rings (SSSR count). The number of hydrogen-bond donors (Lipinski definition) is 3. The van der Waals surface area contributed by atoms with Gasteiger partial charge >= 0.3 is 6.03 Å². The van der Waals surface area contributed by atoms with Crippen LogP contribution in [0.5, 0.6) is 0 Å². The van der Waals surface area contributed by atoms with Crippen molar-refractivity contribution in [3.8, 4) is 0 Å². The fourth-order valence-electron chi connectivity index (χ4n) is 4.06. The number of urea groups is 1. The van der Waals surface area contributed by atoms with Crippen LogP contribution in [0, 0.1) is 5.41 Å². The van der Waals surface area contributed by atoms with Gasteiger partial charge in [-0.05, 0) is 24.6 Å². The van der Waals surface area contributed by atoms with Gasteiger partial charge in [0.2, 0.25) is 0 Å². The first-order chi connectivity index (χ1) is 11.3. The second-order valence-corrected chi connectivity index (χ2v) is 7.67. The van der Waals surface area contributed by atoms with E-state index in [2.05, 4.69) is 20.5 Å². The lowest BCUT2D eigenvalue weighted by Crippen LogP contribution is -2.66. The highest BCUT2D eigenvalue weighted by Gasteiger charge is 2.58. The van der Waals surface area contributed by atoms with Gasteiger partial charge < -0.3 is 15.2 Å². The molecule has 1 atom stereocenters. The number of benzene rings is 1. The van der Waals surface area contributed by atoms with Crippen molar-refractivity contribution >= 4 is 40.1 Å². The van der Waals surface area contributed by atoms with Gasteiger partial charge in [0.25, 0.3) is 5.91 Å². The van der Waals surface area contributed by atoms with Gasteiger partial charge in [-0.1, -0.05) is 25.4 Å². The largest absolute Gasteiger partial charge is 0.370 e. The molecular formula is C17H19ClN4O2. The maximum atomic E-state index is 12.4. The lowest BCUT2D eigenvalue weighted by molar-refractivity contribution is -0.129. The molecule has 3 heterocycles. The van der Waals surface area contributed by atoms with Crippen LogP contribution >= 0.6 is 11.6 Å². The van der Waals surface area contributed by atoms with Crippen molar-refractivity contribution in [1.82, 2.24) is 15.6 Å². The van der Waals surface area contributed by atoms with Crippen LogP contribution in [0.2, 0.25) is 5.02 Å². The van der Waals surface area contributed by atoms with Crippen LogP contribution in [0.15, 0.2) is 24.4 Å². The molecule has 0 radical (unpaired) electrons. The molecule has 24 heavy (non-hydrogen) atoms. The third kappa shape index (κ3) is 2.02. The average molecular weight is 347 g/mol. The summed E-state index contributed by atoms with van der Waals surface area (Å²) in [5.74, 6) is -0.227. The first-order valence-corrected chi connectivity index (χ1v) is 8.35. The molecule has 1 unspecified atom stereocenters. The predicted molar refractivity (Wildman–Crippen MR) is 93.3 cm³/mol. The van der Waals surface area contributed by atoms with E-state index in [0.717, 1.165) is 16.6 Å². The standard InChI is InChI=1S/C17H19ClN4O2/c1-16(2)9-22(6-4-17(16)14(23)20-15(24)21-17)13-8-10(18)7-12-11(13)3-5-19-12/h3,5,7-8,19H,4,6,9H2,1-2H3,(H2,20,21,23,24). The summed E-state index contributed by atoms with van der Waals surface area (Å²) in [6, 6.07) is 5.49. The summed E-state index contributed by atoms with van der Waals surface area (Å²) in [6.07, 6.45) is 2.45. The van der Waals surface area contributed by atoms with Gasteiger partial charge in [-0.15, -0.1) is 0 Å². The summed E-state index contributed by atoms with van der Waals surface area (Å²) in [5, 5.41) is 7.03. The second-order valence-electron chi connectivity index (χ2n) is 7.23. The van der Waals surface area contributed by atoms with Gasteiger partial charge in [0.05, 0.1) is 0 Å². The van der Waals surface area contributed by atoms with E-state index in [1.54, 1.807) is 0 Å². The number of halogens is 1. The number of carbonyl (C=O) groups excluding carboxylic acids is 2. The maximum Gasteiger partial charge on any atom is 0.322 e.